The molecule has 6 heteroatoms. The highest BCUT2D eigenvalue weighted by Gasteiger charge is 2.10. The Morgan fingerprint density at radius 1 is 1.20 bits per heavy atom. The van der Waals surface area contributed by atoms with Crippen molar-refractivity contribution in [2.75, 3.05) is 12.4 Å². The molecule has 6 nitrogen and oxygen atoms in total. The Morgan fingerprint density at radius 2 is 1.90 bits per heavy atom. The lowest BCUT2D eigenvalue weighted by Crippen LogP contribution is -1.97. The molecule has 0 unspecified atom stereocenters. The maximum Gasteiger partial charge on any atom is 0.270 e. The van der Waals surface area contributed by atoms with E-state index in [2.05, 4.69) is 5.32 Å². The third-order valence-electron chi connectivity index (χ3n) is 2.74. The van der Waals surface area contributed by atoms with Crippen LogP contribution in [0.1, 0.15) is 10.4 Å². The van der Waals surface area contributed by atoms with Gasteiger partial charge in [0.2, 0.25) is 0 Å². The van der Waals surface area contributed by atoms with Crippen LogP contribution < -0.4 is 10.1 Å². The highest BCUT2D eigenvalue weighted by molar-refractivity contribution is 5.87. The number of carbonyl (C=O) groups excluding carboxylic acids is 1. The van der Waals surface area contributed by atoms with Crippen molar-refractivity contribution < 1.29 is 14.5 Å². The van der Waals surface area contributed by atoms with E-state index in [1.807, 2.05) is 0 Å². The summed E-state index contributed by atoms with van der Waals surface area (Å²) in [7, 11) is 1.57. The second-order valence-electron chi connectivity index (χ2n) is 4.00. The van der Waals surface area contributed by atoms with Crippen LogP contribution in [0.5, 0.6) is 5.75 Å². The summed E-state index contributed by atoms with van der Waals surface area (Å²) in [6.45, 7) is 0. The predicted octanol–water partition coefficient (Wildman–Crippen LogP) is 3.16. The molecule has 0 spiro atoms. The Morgan fingerprint density at radius 3 is 2.45 bits per heavy atom. The average molecular weight is 272 g/mol. The minimum absolute atomic E-state index is 0.118. The summed E-state index contributed by atoms with van der Waals surface area (Å²) in [5, 5.41) is 13.7. The minimum atomic E-state index is -0.538. The zero-order valence-electron chi connectivity index (χ0n) is 10.7. The molecule has 102 valence electrons. The molecule has 0 heterocycles. The van der Waals surface area contributed by atoms with Crippen molar-refractivity contribution >= 4 is 23.3 Å². The van der Waals surface area contributed by atoms with Gasteiger partial charge in [0.05, 0.1) is 12.0 Å². The summed E-state index contributed by atoms with van der Waals surface area (Å²) >= 11 is 0. The maximum absolute atomic E-state index is 11.0. The second kappa shape index (κ2) is 5.83. The monoisotopic (exact) mass is 272 g/mol. The van der Waals surface area contributed by atoms with Crippen LogP contribution in [0.3, 0.4) is 0 Å². The molecule has 0 saturated heterocycles. The Hall–Kier alpha value is -2.89. The molecule has 0 saturated carbocycles. The van der Waals surface area contributed by atoms with E-state index in [9.17, 15) is 14.9 Å². The predicted molar refractivity (Wildman–Crippen MR) is 74.8 cm³/mol. The van der Waals surface area contributed by atoms with E-state index in [4.69, 9.17) is 4.74 Å². The number of nitrogens with zero attached hydrogens (tertiary/aromatic N) is 1. The number of nitro benzene ring substituents is 1. The van der Waals surface area contributed by atoms with Gasteiger partial charge in [0.25, 0.3) is 5.69 Å². The van der Waals surface area contributed by atoms with Crippen molar-refractivity contribution in [3.05, 3.63) is 58.1 Å². The number of benzene rings is 2. The highest BCUT2D eigenvalue weighted by Crippen LogP contribution is 2.25. The number of rotatable bonds is 5. The van der Waals surface area contributed by atoms with Crippen LogP contribution >= 0.6 is 0 Å². The fourth-order valence-corrected chi connectivity index (χ4v) is 1.70. The Labute approximate surface area is 115 Å². The number of anilines is 2. The molecule has 0 aliphatic heterocycles. The Kier molecular flexibility index (Phi) is 3.95. The number of methoxy groups -OCH3 is 1. The number of nitrogens with one attached hydrogen (secondary N) is 1. The zero-order valence-corrected chi connectivity index (χ0v) is 10.7. The van der Waals surface area contributed by atoms with Crippen LogP contribution in [-0.2, 0) is 0 Å². The quantitative estimate of drug-likeness (QED) is 0.513. The third kappa shape index (κ3) is 2.92. The first kappa shape index (κ1) is 13.5. The standard InChI is InChI=1S/C14H12N2O4/c1-20-13-5-2-11(3-6-13)15-14-7-4-12(16(18)19)8-10(14)9-17/h2-9,15H,1H3. The van der Waals surface area contributed by atoms with Crippen LogP contribution in [-0.4, -0.2) is 18.3 Å². The molecule has 2 aromatic carbocycles. The number of hydrogen-bond donors (Lipinski definition) is 1. The minimum Gasteiger partial charge on any atom is -0.497 e. The maximum atomic E-state index is 11.0. The van der Waals surface area contributed by atoms with Crippen LogP contribution in [0.4, 0.5) is 17.1 Å². The molecular formula is C14H12N2O4. The summed E-state index contributed by atoms with van der Waals surface area (Å²) in [5.41, 5.74) is 1.38. The number of aldehydes is 1. The van der Waals surface area contributed by atoms with Crippen LogP contribution in [0.15, 0.2) is 42.5 Å². The van der Waals surface area contributed by atoms with E-state index >= 15 is 0 Å². The summed E-state index contributed by atoms with van der Waals surface area (Å²) in [4.78, 5) is 21.1. The van der Waals surface area contributed by atoms with Gasteiger partial charge in [0.15, 0.2) is 6.29 Å². The number of non-ortho nitro benzene ring substituents is 1. The molecule has 0 radical (unpaired) electrons. The van der Waals surface area contributed by atoms with Crippen LogP contribution in [0.2, 0.25) is 0 Å². The topological polar surface area (TPSA) is 81.5 Å². The Bertz CT molecular complexity index is 638. The number of nitro groups is 1. The van der Waals surface area contributed by atoms with Gasteiger partial charge >= 0.3 is 0 Å². The van der Waals surface area contributed by atoms with Crippen LogP contribution in [0, 0.1) is 10.1 Å². The molecule has 1 N–H and O–H groups in total. The van der Waals surface area contributed by atoms with Gasteiger partial charge in [-0.1, -0.05) is 0 Å². The molecule has 0 aromatic heterocycles. The van der Waals surface area contributed by atoms with E-state index in [0.29, 0.717) is 12.0 Å². The number of carbonyl (C=O) groups is 1. The third-order valence-corrected chi connectivity index (χ3v) is 2.74. The molecule has 0 aliphatic rings. The van der Waals surface area contributed by atoms with E-state index in [-0.39, 0.29) is 11.3 Å². The van der Waals surface area contributed by atoms with Crippen molar-refractivity contribution in [3.63, 3.8) is 0 Å². The lowest BCUT2D eigenvalue weighted by molar-refractivity contribution is -0.384. The SMILES string of the molecule is COc1ccc(Nc2ccc([N+](=O)[O-])cc2C=O)cc1. The van der Waals surface area contributed by atoms with Crippen molar-refractivity contribution in [1.82, 2.24) is 0 Å². The van der Waals surface area contributed by atoms with Gasteiger partial charge in [-0.25, -0.2) is 0 Å². The van der Waals surface area contributed by atoms with Gasteiger partial charge in [-0.3, -0.25) is 14.9 Å². The first-order chi connectivity index (χ1) is 9.63. The normalized spacial score (nSPS) is 9.85. The smallest absolute Gasteiger partial charge is 0.270 e. The molecular weight excluding hydrogens is 260 g/mol. The van der Waals surface area contributed by atoms with Gasteiger partial charge < -0.3 is 10.1 Å². The molecule has 20 heavy (non-hydrogen) atoms. The molecule has 0 fully saturated rings. The fourth-order valence-electron chi connectivity index (χ4n) is 1.70. The summed E-state index contributed by atoms with van der Waals surface area (Å²) in [5.74, 6) is 0.717. The van der Waals surface area contributed by atoms with Crippen molar-refractivity contribution in [2.24, 2.45) is 0 Å². The molecule has 0 bridgehead atoms. The summed E-state index contributed by atoms with van der Waals surface area (Å²) in [6, 6.07) is 11.2. The van der Waals surface area contributed by atoms with Crippen LogP contribution in [0.25, 0.3) is 0 Å². The molecule has 0 amide bonds. The molecule has 0 atom stereocenters. The molecule has 2 aromatic rings. The van der Waals surface area contributed by atoms with Crippen molar-refractivity contribution in [1.29, 1.82) is 0 Å². The second-order valence-corrected chi connectivity index (χ2v) is 4.00. The highest BCUT2D eigenvalue weighted by atomic mass is 16.6. The fraction of sp³-hybridized carbons (Fsp3) is 0.0714. The van der Waals surface area contributed by atoms with Gasteiger partial charge in [-0.05, 0) is 30.3 Å². The summed E-state index contributed by atoms with van der Waals surface area (Å²) in [6.07, 6.45) is 0.582. The molecule has 2 rings (SSSR count). The van der Waals surface area contributed by atoms with Gasteiger partial charge in [0.1, 0.15) is 5.75 Å². The summed E-state index contributed by atoms with van der Waals surface area (Å²) < 4.78 is 5.05. The van der Waals surface area contributed by atoms with E-state index in [1.165, 1.54) is 18.2 Å². The van der Waals surface area contributed by atoms with Crippen molar-refractivity contribution in [2.45, 2.75) is 0 Å². The lowest BCUT2D eigenvalue weighted by atomic mass is 10.1. The van der Waals surface area contributed by atoms with Gasteiger partial charge in [-0.2, -0.15) is 0 Å². The number of hydrogen-bond acceptors (Lipinski definition) is 5. The zero-order chi connectivity index (χ0) is 14.5. The average Bonchev–Trinajstić information content (AvgIpc) is 2.48. The largest absolute Gasteiger partial charge is 0.497 e. The first-order valence-electron chi connectivity index (χ1n) is 5.78. The first-order valence-corrected chi connectivity index (χ1v) is 5.78. The Balaban J connectivity index is 2.27. The van der Waals surface area contributed by atoms with E-state index in [0.717, 1.165) is 11.4 Å². The number of ether oxygens (including phenoxy) is 1. The van der Waals surface area contributed by atoms with Gasteiger partial charge in [0, 0.05) is 29.1 Å². The molecule has 0 aliphatic carbocycles. The van der Waals surface area contributed by atoms with Crippen molar-refractivity contribution in [3.8, 4) is 5.75 Å². The van der Waals surface area contributed by atoms with Gasteiger partial charge in [-0.15, -0.1) is 0 Å². The lowest BCUT2D eigenvalue weighted by Gasteiger charge is -2.09. The van der Waals surface area contributed by atoms with E-state index < -0.39 is 4.92 Å². The van der Waals surface area contributed by atoms with E-state index in [1.54, 1.807) is 31.4 Å².